The van der Waals surface area contributed by atoms with Crippen molar-refractivity contribution >= 4 is 16.9 Å². The normalized spacial score (nSPS) is 10.8. The van der Waals surface area contributed by atoms with Gasteiger partial charge in [0, 0.05) is 19.2 Å². The molecule has 3 rings (SSSR count). The largest absolute Gasteiger partial charge is 0.352 e. The minimum atomic E-state index is -0.0254. The maximum atomic E-state index is 12.1. The van der Waals surface area contributed by atoms with E-state index in [0.29, 0.717) is 12.1 Å². The van der Waals surface area contributed by atoms with Crippen LogP contribution in [-0.4, -0.2) is 22.0 Å². The zero-order valence-electron chi connectivity index (χ0n) is 12.8. The second-order valence-electron chi connectivity index (χ2n) is 5.55. The van der Waals surface area contributed by atoms with Gasteiger partial charge >= 0.3 is 0 Å². The van der Waals surface area contributed by atoms with E-state index in [-0.39, 0.29) is 5.91 Å². The predicted molar refractivity (Wildman–Crippen MR) is 87.9 cm³/mol. The van der Waals surface area contributed by atoms with Crippen LogP contribution in [0.5, 0.6) is 0 Å². The van der Waals surface area contributed by atoms with E-state index in [0.717, 1.165) is 23.0 Å². The predicted octanol–water partition coefficient (Wildman–Crippen LogP) is 2.85. The molecule has 4 heteroatoms. The number of rotatable bonds is 4. The minimum absolute atomic E-state index is 0.0254. The lowest BCUT2D eigenvalue weighted by atomic mass is 10.1. The fourth-order valence-electron chi connectivity index (χ4n) is 2.55. The van der Waals surface area contributed by atoms with Crippen molar-refractivity contribution < 1.29 is 4.79 Å². The maximum Gasteiger partial charge on any atom is 0.251 e. The molecule has 1 amide bonds. The summed E-state index contributed by atoms with van der Waals surface area (Å²) in [5.41, 5.74) is 5.08. The van der Waals surface area contributed by atoms with Gasteiger partial charge in [0.2, 0.25) is 0 Å². The minimum Gasteiger partial charge on any atom is -0.352 e. The summed E-state index contributed by atoms with van der Waals surface area (Å²) in [5, 5.41) is 2.96. The third-order valence-electron chi connectivity index (χ3n) is 3.77. The molecule has 0 bridgehead atoms. The number of nitrogens with one attached hydrogen (secondary N) is 1. The summed E-state index contributed by atoms with van der Waals surface area (Å²) < 4.78 is 2.00. The van der Waals surface area contributed by atoms with Gasteiger partial charge in [-0.2, -0.15) is 0 Å². The first-order valence-electron chi connectivity index (χ1n) is 7.38. The second kappa shape index (κ2) is 6.02. The molecule has 0 atom stereocenters. The number of fused-ring (bicyclic) bond motifs is 1. The van der Waals surface area contributed by atoms with Gasteiger partial charge in [0.15, 0.2) is 0 Å². The molecule has 1 N–H and O–H groups in total. The highest BCUT2D eigenvalue weighted by Crippen LogP contribution is 2.14. The smallest absolute Gasteiger partial charge is 0.251 e. The highest BCUT2D eigenvalue weighted by atomic mass is 16.1. The van der Waals surface area contributed by atoms with Crippen molar-refractivity contribution in [2.45, 2.75) is 13.3 Å². The van der Waals surface area contributed by atoms with Gasteiger partial charge < -0.3 is 9.88 Å². The number of aromatic nitrogens is 2. The topological polar surface area (TPSA) is 46.9 Å². The Hall–Kier alpha value is -2.62. The first-order valence-corrected chi connectivity index (χ1v) is 7.38. The number of aryl methyl sites for hydroxylation is 2. The van der Waals surface area contributed by atoms with Crippen LogP contribution in [0.3, 0.4) is 0 Å². The summed E-state index contributed by atoms with van der Waals surface area (Å²) in [6.45, 7) is 2.60. The van der Waals surface area contributed by atoms with Gasteiger partial charge in [-0.1, -0.05) is 23.8 Å². The molecule has 1 aromatic heterocycles. The molecule has 112 valence electrons. The molecule has 0 fully saturated rings. The lowest BCUT2D eigenvalue weighted by Crippen LogP contribution is -2.25. The summed E-state index contributed by atoms with van der Waals surface area (Å²) in [4.78, 5) is 16.4. The fraction of sp³-hybridized carbons (Fsp3) is 0.222. The summed E-state index contributed by atoms with van der Waals surface area (Å²) in [5.74, 6) is -0.0254. The van der Waals surface area contributed by atoms with Crippen LogP contribution in [0.4, 0.5) is 0 Å². The Labute approximate surface area is 129 Å². The average Bonchev–Trinajstić information content (AvgIpc) is 2.88. The van der Waals surface area contributed by atoms with Gasteiger partial charge in [0.05, 0.1) is 17.4 Å². The first kappa shape index (κ1) is 14.3. The van der Waals surface area contributed by atoms with Gasteiger partial charge in [-0.15, -0.1) is 0 Å². The molecule has 1 heterocycles. The number of nitrogens with zero attached hydrogens (tertiary/aromatic N) is 2. The molecule has 3 aromatic rings. The molecule has 0 aliphatic rings. The Bertz CT molecular complexity index is 820. The molecule has 22 heavy (non-hydrogen) atoms. The van der Waals surface area contributed by atoms with E-state index in [4.69, 9.17) is 0 Å². The first-order chi connectivity index (χ1) is 10.6. The van der Waals surface area contributed by atoms with Crippen LogP contribution in [0.15, 0.2) is 48.8 Å². The number of hydrogen-bond acceptors (Lipinski definition) is 2. The van der Waals surface area contributed by atoms with E-state index in [1.165, 1.54) is 5.56 Å². The Morgan fingerprint density at radius 1 is 1.23 bits per heavy atom. The number of benzene rings is 2. The maximum absolute atomic E-state index is 12.1. The van der Waals surface area contributed by atoms with E-state index >= 15 is 0 Å². The molecule has 4 nitrogen and oxygen atoms in total. The van der Waals surface area contributed by atoms with Gasteiger partial charge in [-0.3, -0.25) is 4.79 Å². The van der Waals surface area contributed by atoms with Gasteiger partial charge in [0.25, 0.3) is 5.91 Å². The monoisotopic (exact) mass is 293 g/mol. The van der Waals surface area contributed by atoms with E-state index in [1.54, 1.807) is 0 Å². The molecule has 0 spiro atoms. The molecular formula is C18H19N3O. The highest BCUT2D eigenvalue weighted by molar-refractivity contribution is 5.94. The van der Waals surface area contributed by atoms with Gasteiger partial charge in [-0.05, 0) is 43.2 Å². The Morgan fingerprint density at radius 2 is 2.09 bits per heavy atom. The molecule has 0 aliphatic carbocycles. The third kappa shape index (κ3) is 3.01. The van der Waals surface area contributed by atoms with E-state index in [1.807, 2.05) is 49.1 Å². The van der Waals surface area contributed by atoms with Crippen LogP contribution in [0.25, 0.3) is 11.0 Å². The fourth-order valence-corrected chi connectivity index (χ4v) is 2.55. The van der Waals surface area contributed by atoms with Crippen molar-refractivity contribution in [2.75, 3.05) is 6.54 Å². The lowest BCUT2D eigenvalue weighted by Gasteiger charge is -2.06. The zero-order valence-corrected chi connectivity index (χ0v) is 12.8. The summed E-state index contributed by atoms with van der Waals surface area (Å²) >= 11 is 0. The molecule has 0 saturated carbocycles. The average molecular weight is 293 g/mol. The Morgan fingerprint density at radius 3 is 2.91 bits per heavy atom. The van der Waals surface area contributed by atoms with Crippen molar-refractivity contribution in [3.8, 4) is 0 Å². The number of carbonyl (C=O) groups excluding carboxylic acids is 1. The molecule has 0 unspecified atom stereocenters. The molecule has 0 saturated heterocycles. The summed E-state index contributed by atoms with van der Waals surface area (Å²) in [6.07, 6.45) is 2.61. The van der Waals surface area contributed by atoms with Crippen LogP contribution in [0.2, 0.25) is 0 Å². The van der Waals surface area contributed by atoms with Crippen molar-refractivity contribution in [2.24, 2.45) is 7.05 Å². The van der Waals surface area contributed by atoms with E-state index < -0.39 is 0 Å². The molecule has 0 aliphatic heterocycles. The van der Waals surface area contributed by atoms with E-state index in [9.17, 15) is 4.79 Å². The Balaban J connectivity index is 1.61. The van der Waals surface area contributed by atoms with Crippen LogP contribution in [0.1, 0.15) is 21.5 Å². The van der Waals surface area contributed by atoms with Crippen LogP contribution < -0.4 is 5.32 Å². The van der Waals surface area contributed by atoms with Crippen molar-refractivity contribution in [1.82, 2.24) is 14.9 Å². The number of hydrogen-bond donors (Lipinski definition) is 1. The number of imidazole rings is 1. The van der Waals surface area contributed by atoms with Crippen LogP contribution in [0, 0.1) is 6.92 Å². The third-order valence-corrected chi connectivity index (χ3v) is 3.77. The lowest BCUT2D eigenvalue weighted by molar-refractivity contribution is 0.0954. The summed E-state index contributed by atoms with van der Waals surface area (Å²) in [7, 11) is 1.98. The second-order valence-corrected chi connectivity index (χ2v) is 5.55. The molecule has 0 radical (unpaired) electrons. The number of carbonyl (C=O) groups is 1. The Kier molecular flexibility index (Phi) is 3.92. The van der Waals surface area contributed by atoms with Crippen molar-refractivity contribution in [1.29, 1.82) is 0 Å². The SMILES string of the molecule is Cc1cccc(C(=O)NCCc2ccc3c(c2)ncn3C)c1. The zero-order chi connectivity index (χ0) is 15.5. The van der Waals surface area contributed by atoms with Crippen LogP contribution in [-0.2, 0) is 13.5 Å². The van der Waals surface area contributed by atoms with Crippen molar-refractivity contribution in [3.05, 3.63) is 65.5 Å². The quantitative estimate of drug-likeness (QED) is 0.804. The van der Waals surface area contributed by atoms with Gasteiger partial charge in [-0.25, -0.2) is 4.98 Å². The highest BCUT2D eigenvalue weighted by Gasteiger charge is 2.05. The van der Waals surface area contributed by atoms with Crippen molar-refractivity contribution in [3.63, 3.8) is 0 Å². The standard InChI is InChI=1S/C18H19N3O/c1-13-4-3-5-15(10-13)18(22)19-9-8-14-6-7-17-16(11-14)20-12-21(17)2/h3-7,10-12H,8-9H2,1-2H3,(H,19,22). The van der Waals surface area contributed by atoms with Crippen LogP contribution >= 0.6 is 0 Å². The van der Waals surface area contributed by atoms with Gasteiger partial charge in [0.1, 0.15) is 0 Å². The molecular weight excluding hydrogens is 274 g/mol. The summed E-state index contributed by atoms with van der Waals surface area (Å²) in [6, 6.07) is 13.9. The van der Waals surface area contributed by atoms with E-state index in [2.05, 4.69) is 28.5 Å². The molecule has 2 aromatic carbocycles. The number of amides is 1.